The van der Waals surface area contributed by atoms with E-state index in [4.69, 9.17) is 4.74 Å². The molecule has 0 saturated heterocycles. The maximum absolute atomic E-state index is 13.1. The fourth-order valence-electron chi connectivity index (χ4n) is 2.79. The first-order chi connectivity index (χ1) is 12.0. The molecule has 0 radical (unpaired) electrons. The number of methoxy groups -OCH3 is 1. The number of hydrogen-bond donors (Lipinski definition) is 2. The van der Waals surface area contributed by atoms with Crippen molar-refractivity contribution in [3.8, 4) is 0 Å². The number of nitrogens with one attached hydrogen (secondary N) is 2. The molecule has 6 heteroatoms. The molecule has 2 amide bonds. The van der Waals surface area contributed by atoms with Crippen LogP contribution >= 0.6 is 0 Å². The molecule has 1 saturated carbocycles. The third-order valence-electron chi connectivity index (χ3n) is 4.26. The molecule has 0 heterocycles. The number of carbonyl (C=O) groups excluding carboxylic acids is 2. The van der Waals surface area contributed by atoms with Gasteiger partial charge >= 0.3 is 0 Å². The summed E-state index contributed by atoms with van der Waals surface area (Å²) in [6.45, 7) is -0.0374. The predicted molar refractivity (Wildman–Crippen MR) is 92.9 cm³/mol. The fourth-order valence-corrected chi connectivity index (χ4v) is 2.79. The molecule has 2 N–H and O–H groups in total. The average Bonchev–Trinajstić information content (AvgIpc) is 3.38. The number of halogens is 1. The van der Waals surface area contributed by atoms with Gasteiger partial charge in [-0.2, -0.15) is 0 Å². The van der Waals surface area contributed by atoms with Gasteiger partial charge < -0.3 is 15.4 Å². The molecule has 25 heavy (non-hydrogen) atoms. The topological polar surface area (TPSA) is 67.4 Å². The molecule has 0 atom stereocenters. The predicted octanol–water partition coefficient (Wildman–Crippen LogP) is 3.08. The van der Waals surface area contributed by atoms with Gasteiger partial charge in [0.15, 0.2) is 0 Å². The lowest BCUT2D eigenvalue weighted by Crippen LogP contribution is -2.27. The number of rotatable bonds is 6. The van der Waals surface area contributed by atoms with Gasteiger partial charge in [-0.3, -0.25) is 9.59 Å². The molecule has 130 valence electrons. The van der Waals surface area contributed by atoms with E-state index in [0.717, 1.165) is 18.4 Å². The fraction of sp³-hybridized carbons (Fsp3) is 0.263. The summed E-state index contributed by atoms with van der Waals surface area (Å²) in [6.07, 6.45) is 1.46. The van der Waals surface area contributed by atoms with Gasteiger partial charge in [0, 0.05) is 18.5 Å². The minimum Gasteiger partial charge on any atom is -0.375 e. The van der Waals surface area contributed by atoms with Crippen molar-refractivity contribution in [1.29, 1.82) is 0 Å². The Balaban J connectivity index is 1.71. The van der Waals surface area contributed by atoms with Crippen molar-refractivity contribution in [2.24, 2.45) is 0 Å². The van der Waals surface area contributed by atoms with Gasteiger partial charge in [0.05, 0.1) is 5.41 Å². The van der Waals surface area contributed by atoms with E-state index in [1.54, 1.807) is 36.4 Å². The lowest BCUT2D eigenvalue weighted by Gasteiger charge is -2.16. The molecule has 1 aliphatic carbocycles. The normalized spacial score (nSPS) is 14.6. The van der Waals surface area contributed by atoms with E-state index >= 15 is 0 Å². The van der Waals surface area contributed by atoms with Crippen molar-refractivity contribution >= 4 is 23.2 Å². The van der Waals surface area contributed by atoms with Crippen LogP contribution in [0.15, 0.2) is 48.5 Å². The largest absolute Gasteiger partial charge is 0.375 e. The zero-order valence-electron chi connectivity index (χ0n) is 13.8. The number of anilines is 2. The van der Waals surface area contributed by atoms with Gasteiger partial charge in [-0.15, -0.1) is 0 Å². The Hall–Kier alpha value is -2.73. The number of hydrogen-bond acceptors (Lipinski definition) is 3. The van der Waals surface area contributed by atoms with Gasteiger partial charge in [0.25, 0.3) is 0 Å². The van der Waals surface area contributed by atoms with E-state index in [1.165, 1.54) is 19.2 Å². The van der Waals surface area contributed by atoms with Crippen LogP contribution in [0.25, 0.3) is 0 Å². The van der Waals surface area contributed by atoms with E-state index in [1.807, 2.05) is 0 Å². The van der Waals surface area contributed by atoms with Crippen molar-refractivity contribution in [2.45, 2.75) is 18.3 Å². The summed E-state index contributed by atoms with van der Waals surface area (Å²) >= 11 is 0. The molecule has 2 aromatic rings. The first-order valence-electron chi connectivity index (χ1n) is 8.00. The maximum Gasteiger partial charge on any atom is 0.250 e. The van der Waals surface area contributed by atoms with Gasteiger partial charge in [-0.1, -0.05) is 18.2 Å². The molecule has 2 aromatic carbocycles. The maximum atomic E-state index is 13.1. The Bertz CT molecular complexity index is 786. The summed E-state index contributed by atoms with van der Waals surface area (Å²) in [6, 6.07) is 13.0. The highest BCUT2D eigenvalue weighted by Crippen LogP contribution is 2.49. The van der Waals surface area contributed by atoms with Crippen LogP contribution in [0.3, 0.4) is 0 Å². The Morgan fingerprint density at radius 1 is 1.08 bits per heavy atom. The molecule has 0 bridgehead atoms. The summed E-state index contributed by atoms with van der Waals surface area (Å²) < 4.78 is 17.9. The van der Waals surface area contributed by atoms with Crippen LogP contribution in [0.4, 0.5) is 15.8 Å². The van der Waals surface area contributed by atoms with Crippen molar-refractivity contribution in [3.05, 3.63) is 59.9 Å². The van der Waals surface area contributed by atoms with Gasteiger partial charge in [-0.25, -0.2) is 4.39 Å². The van der Waals surface area contributed by atoms with Crippen LogP contribution in [0.2, 0.25) is 0 Å². The minimum atomic E-state index is -0.594. The lowest BCUT2D eigenvalue weighted by molar-refractivity contribution is -0.120. The zero-order valence-corrected chi connectivity index (χ0v) is 13.8. The molecule has 0 spiro atoms. The summed E-state index contributed by atoms with van der Waals surface area (Å²) in [7, 11) is 1.45. The van der Waals surface area contributed by atoms with E-state index in [-0.39, 0.29) is 24.2 Å². The Morgan fingerprint density at radius 2 is 1.72 bits per heavy atom. The molecular formula is C19H19FN2O3. The molecular weight excluding hydrogens is 323 g/mol. The van der Waals surface area contributed by atoms with Crippen LogP contribution in [0, 0.1) is 5.82 Å². The second-order valence-electron chi connectivity index (χ2n) is 6.11. The summed E-state index contributed by atoms with van der Waals surface area (Å²) in [5.74, 6) is -0.713. The third kappa shape index (κ3) is 3.85. The first-order valence-corrected chi connectivity index (χ1v) is 8.00. The van der Waals surface area contributed by atoms with Crippen molar-refractivity contribution in [2.75, 3.05) is 24.4 Å². The Morgan fingerprint density at radius 3 is 2.32 bits per heavy atom. The van der Waals surface area contributed by atoms with E-state index in [9.17, 15) is 14.0 Å². The van der Waals surface area contributed by atoms with E-state index < -0.39 is 5.41 Å². The standard InChI is InChI=1S/C19H19FN2O3/c1-25-12-17(23)21-15-3-2-4-16(11-15)22-18(24)19(9-10-19)13-5-7-14(20)8-6-13/h2-8,11H,9-10,12H2,1H3,(H,21,23)(H,22,24). The molecule has 0 unspecified atom stereocenters. The molecule has 0 aliphatic heterocycles. The minimum absolute atomic E-state index is 0.0374. The average molecular weight is 342 g/mol. The van der Waals surface area contributed by atoms with Crippen LogP contribution < -0.4 is 10.6 Å². The van der Waals surface area contributed by atoms with Crippen LogP contribution in [-0.4, -0.2) is 25.5 Å². The van der Waals surface area contributed by atoms with E-state index in [0.29, 0.717) is 11.4 Å². The van der Waals surface area contributed by atoms with Crippen LogP contribution in [0.5, 0.6) is 0 Å². The summed E-state index contributed by atoms with van der Waals surface area (Å²) in [5, 5.41) is 5.58. The van der Waals surface area contributed by atoms with Crippen molar-refractivity contribution in [3.63, 3.8) is 0 Å². The van der Waals surface area contributed by atoms with Gasteiger partial charge in [0.1, 0.15) is 12.4 Å². The van der Waals surface area contributed by atoms with Gasteiger partial charge in [-0.05, 0) is 48.7 Å². The highest BCUT2D eigenvalue weighted by atomic mass is 19.1. The smallest absolute Gasteiger partial charge is 0.250 e. The summed E-state index contributed by atoms with van der Waals surface area (Å²) in [5.41, 5.74) is 1.39. The zero-order chi connectivity index (χ0) is 17.9. The highest BCUT2D eigenvalue weighted by molar-refractivity contribution is 6.02. The van der Waals surface area contributed by atoms with Crippen molar-refractivity contribution < 1.29 is 18.7 Å². The number of benzene rings is 2. The SMILES string of the molecule is COCC(=O)Nc1cccc(NC(=O)C2(c3ccc(F)cc3)CC2)c1. The number of ether oxygens (including phenoxy) is 1. The number of carbonyl (C=O) groups is 2. The molecule has 1 fully saturated rings. The lowest BCUT2D eigenvalue weighted by atomic mass is 9.95. The van der Waals surface area contributed by atoms with E-state index in [2.05, 4.69) is 10.6 Å². The van der Waals surface area contributed by atoms with Crippen molar-refractivity contribution in [1.82, 2.24) is 0 Å². The first kappa shape index (κ1) is 17.1. The molecule has 3 rings (SSSR count). The monoisotopic (exact) mass is 342 g/mol. The number of amides is 2. The Labute approximate surface area is 145 Å². The Kier molecular flexibility index (Phi) is 4.81. The summed E-state index contributed by atoms with van der Waals surface area (Å²) in [4.78, 5) is 24.3. The van der Waals surface area contributed by atoms with Gasteiger partial charge in [0.2, 0.25) is 11.8 Å². The molecule has 1 aliphatic rings. The quantitative estimate of drug-likeness (QED) is 0.848. The third-order valence-corrected chi connectivity index (χ3v) is 4.26. The van der Waals surface area contributed by atoms with Crippen LogP contribution in [0.1, 0.15) is 18.4 Å². The molecule has 5 nitrogen and oxygen atoms in total. The van der Waals surface area contributed by atoms with Crippen LogP contribution in [-0.2, 0) is 19.7 Å². The molecule has 0 aromatic heterocycles. The second-order valence-corrected chi connectivity index (χ2v) is 6.11. The highest BCUT2D eigenvalue weighted by Gasteiger charge is 2.51. The second kappa shape index (κ2) is 7.03.